The third-order valence-electron chi connectivity index (χ3n) is 2.65. The van der Waals surface area contributed by atoms with Gasteiger partial charge in [0.25, 0.3) is 5.91 Å². The Bertz CT molecular complexity index is 491. The van der Waals surface area contributed by atoms with Crippen molar-refractivity contribution in [1.29, 1.82) is 0 Å². The Morgan fingerprint density at radius 1 is 1.30 bits per heavy atom. The summed E-state index contributed by atoms with van der Waals surface area (Å²) in [5, 5.41) is 11.2. The fourth-order valence-corrected chi connectivity index (χ4v) is 1.48. The van der Waals surface area contributed by atoms with E-state index in [1.807, 2.05) is 0 Å². The highest BCUT2D eigenvalue weighted by molar-refractivity contribution is 6.00. The molecule has 0 aliphatic heterocycles. The number of hydrogen-bond donors (Lipinski definition) is 2. The monoisotopic (exact) mass is 277 g/mol. The van der Waals surface area contributed by atoms with Crippen LogP contribution in [0.4, 0.5) is 0 Å². The van der Waals surface area contributed by atoms with E-state index in [1.165, 1.54) is 6.08 Å². The van der Waals surface area contributed by atoms with Crippen LogP contribution in [0.1, 0.15) is 37.0 Å². The van der Waals surface area contributed by atoms with Gasteiger partial charge in [0, 0.05) is 5.56 Å². The molecule has 2 N–H and O–H groups in total. The van der Waals surface area contributed by atoms with Gasteiger partial charge in [0.05, 0.1) is 6.61 Å². The summed E-state index contributed by atoms with van der Waals surface area (Å²) < 4.78 is 5.48. The van der Waals surface area contributed by atoms with E-state index in [1.54, 1.807) is 31.2 Å². The summed E-state index contributed by atoms with van der Waals surface area (Å²) in [7, 11) is 0. The second-order valence-corrected chi connectivity index (χ2v) is 4.19. The number of amides is 1. The number of allylic oxidation sites excluding steroid dienone is 1. The van der Waals surface area contributed by atoms with Crippen LogP contribution in [-0.4, -0.2) is 23.6 Å². The molecule has 0 heterocycles. The van der Waals surface area contributed by atoms with E-state index in [-0.39, 0.29) is 5.70 Å². The molecule has 0 aliphatic rings. The number of carbonyl (C=O) groups is 2. The Labute approximate surface area is 118 Å². The van der Waals surface area contributed by atoms with Crippen LogP contribution in [0.15, 0.2) is 36.0 Å². The van der Waals surface area contributed by atoms with Crippen LogP contribution in [-0.2, 0) is 4.79 Å². The molecular weight excluding hydrogens is 258 g/mol. The summed E-state index contributed by atoms with van der Waals surface area (Å²) in [6.07, 6.45) is 3.37. The van der Waals surface area contributed by atoms with E-state index >= 15 is 0 Å². The molecule has 20 heavy (non-hydrogen) atoms. The lowest BCUT2D eigenvalue weighted by atomic mass is 10.2. The van der Waals surface area contributed by atoms with Crippen LogP contribution in [0.2, 0.25) is 0 Å². The molecule has 0 radical (unpaired) electrons. The molecule has 5 heteroatoms. The number of unbranched alkanes of at least 4 members (excludes halogenated alkanes) is 1. The third kappa shape index (κ3) is 4.76. The molecule has 0 saturated heterocycles. The Morgan fingerprint density at radius 3 is 2.45 bits per heavy atom. The van der Waals surface area contributed by atoms with E-state index < -0.39 is 11.9 Å². The van der Waals surface area contributed by atoms with Crippen molar-refractivity contribution in [3.63, 3.8) is 0 Å². The minimum Gasteiger partial charge on any atom is -0.494 e. The molecule has 0 spiro atoms. The predicted octanol–water partition coefficient (Wildman–Crippen LogP) is 2.58. The Kier molecular flexibility index (Phi) is 6.29. The molecule has 108 valence electrons. The molecule has 1 amide bonds. The fourth-order valence-electron chi connectivity index (χ4n) is 1.48. The van der Waals surface area contributed by atoms with Crippen LogP contribution in [0.3, 0.4) is 0 Å². The number of benzene rings is 1. The summed E-state index contributed by atoms with van der Waals surface area (Å²) >= 11 is 0. The van der Waals surface area contributed by atoms with Crippen molar-refractivity contribution in [2.24, 2.45) is 0 Å². The number of carbonyl (C=O) groups excluding carboxylic acids is 1. The zero-order valence-corrected chi connectivity index (χ0v) is 11.7. The molecule has 0 unspecified atom stereocenters. The van der Waals surface area contributed by atoms with Crippen molar-refractivity contribution >= 4 is 11.9 Å². The number of rotatable bonds is 7. The summed E-state index contributed by atoms with van der Waals surface area (Å²) in [6.45, 7) is 4.27. The highest BCUT2D eigenvalue weighted by atomic mass is 16.5. The van der Waals surface area contributed by atoms with Gasteiger partial charge < -0.3 is 15.2 Å². The van der Waals surface area contributed by atoms with Crippen molar-refractivity contribution in [1.82, 2.24) is 5.32 Å². The standard InChI is InChI=1S/C15H19NO4/c1-3-5-10-20-12-8-6-11(7-9-12)14(17)16-13(4-2)15(18)19/h4,6-9H,3,5,10H2,1-2H3,(H,16,17)(H,18,19)/b13-4+. The fraction of sp³-hybridized carbons (Fsp3) is 0.333. The quantitative estimate of drug-likeness (QED) is 0.593. The van der Waals surface area contributed by atoms with Crippen LogP contribution in [0, 0.1) is 0 Å². The smallest absolute Gasteiger partial charge is 0.352 e. The molecule has 1 aromatic rings. The average Bonchev–Trinajstić information content (AvgIpc) is 2.45. The van der Waals surface area contributed by atoms with Crippen LogP contribution < -0.4 is 10.1 Å². The summed E-state index contributed by atoms with van der Waals surface area (Å²) in [5.74, 6) is -0.930. The van der Waals surface area contributed by atoms with Gasteiger partial charge in [-0.3, -0.25) is 4.79 Å². The molecule has 0 fully saturated rings. The van der Waals surface area contributed by atoms with E-state index in [4.69, 9.17) is 9.84 Å². The lowest BCUT2D eigenvalue weighted by molar-refractivity contribution is -0.133. The topological polar surface area (TPSA) is 75.6 Å². The molecule has 1 rings (SSSR count). The predicted molar refractivity (Wildman–Crippen MR) is 75.7 cm³/mol. The SMILES string of the molecule is C/C=C(/NC(=O)c1ccc(OCCCC)cc1)C(=O)O. The molecule has 5 nitrogen and oxygen atoms in total. The van der Waals surface area contributed by atoms with Gasteiger partial charge in [-0.25, -0.2) is 4.79 Å². The number of hydrogen-bond acceptors (Lipinski definition) is 3. The van der Waals surface area contributed by atoms with E-state index in [9.17, 15) is 9.59 Å². The average molecular weight is 277 g/mol. The van der Waals surface area contributed by atoms with Crippen molar-refractivity contribution in [3.05, 3.63) is 41.6 Å². The summed E-state index contributed by atoms with van der Waals surface area (Å²) in [5.41, 5.74) is 0.242. The largest absolute Gasteiger partial charge is 0.494 e. The highest BCUT2D eigenvalue weighted by Gasteiger charge is 2.12. The van der Waals surface area contributed by atoms with Gasteiger partial charge in [-0.2, -0.15) is 0 Å². The number of carboxylic acid groups (broad SMARTS) is 1. The first-order valence-electron chi connectivity index (χ1n) is 6.52. The lowest BCUT2D eigenvalue weighted by Gasteiger charge is -2.07. The van der Waals surface area contributed by atoms with Gasteiger partial charge in [0.1, 0.15) is 11.4 Å². The first-order chi connectivity index (χ1) is 9.58. The third-order valence-corrected chi connectivity index (χ3v) is 2.65. The number of ether oxygens (including phenoxy) is 1. The van der Waals surface area contributed by atoms with Gasteiger partial charge in [-0.15, -0.1) is 0 Å². The van der Waals surface area contributed by atoms with E-state index in [2.05, 4.69) is 12.2 Å². The maximum absolute atomic E-state index is 11.8. The van der Waals surface area contributed by atoms with Gasteiger partial charge in [0.2, 0.25) is 0 Å². The maximum Gasteiger partial charge on any atom is 0.352 e. The molecule has 0 bridgehead atoms. The van der Waals surface area contributed by atoms with Gasteiger partial charge in [0.15, 0.2) is 0 Å². The zero-order valence-electron chi connectivity index (χ0n) is 11.7. The minimum atomic E-state index is -1.17. The number of aliphatic carboxylic acids is 1. The Morgan fingerprint density at radius 2 is 1.95 bits per heavy atom. The molecule has 0 aliphatic carbocycles. The second kappa shape index (κ2) is 7.99. The maximum atomic E-state index is 11.8. The number of nitrogens with one attached hydrogen (secondary N) is 1. The molecule has 0 atom stereocenters. The van der Waals surface area contributed by atoms with Crippen molar-refractivity contribution in [3.8, 4) is 5.75 Å². The summed E-state index contributed by atoms with van der Waals surface area (Å²) in [6, 6.07) is 6.60. The lowest BCUT2D eigenvalue weighted by Crippen LogP contribution is -2.27. The first-order valence-corrected chi connectivity index (χ1v) is 6.52. The van der Waals surface area contributed by atoms with Crippen molar-refractivity contribution < 1.29 is 19.4 Å². The van der Waals surface area contributed by atoms with Crippen molar-refractivity contribution in [2.75, 3.05) is 6.61 Å². The van der Waals surface area contributed by atoms with Crippen molar-refractivity contribution in [2.45, 2.75) is 26.7 Å². The normalized spacial score (nSPS) is 11.0. The Balaban J connectivity index is 2.64. The molecule has 0 aromatic heterocycles. The summed E-state index contributed by atoms with van der Waals surface area (Å²) in [4.78, 5) is 22.6. The zero-order chi connectivity index (χ0) is 15.0. The number of carboxylic acids is 1. The molecular formula is C15H19NO4. The molecule has 0 saturated carbocycles. The van der Waals surface area contributed by atoms with E-state index in [0.717, 1.165) is 12.8 Å². The molecule has 1 aromatic carbocycles. The first kappa shape index (κ1) is 15.8. The van der Waals surface area contributed by atoms with Crippen LogP contribution in [0.25, 0.3) is 0 Å². The van der Waals surface area contributed by atoms with Crippen LogP contribution >= 0.6 is 0 Å². The highest BCUT2D eigenvalue weighted by Crippen LogP contribution is 2.13. The second-order valence-electron chi connectivity index (χ2n) is 4.19. The van der Waals surface area contributed by atoms with Crippen LogP contribution in [0.5, 0.6) is 5.75 Å². The van der Waals surface area contributed by atoms with Gasteiger partial charge in [-0.05, 0) is 37.6 Å². The van der Waals surface area contributed by atoms with E-state index in [0.29, 0.717) is 17.9 Å². The Hall–Kier alpha value is -2.30. The minimum absolute atomic E-state index is 0.140. The van der Waals surface area contributed by atoms with Gasteiger partial charge in [-0.1, -0.05) is 19.4 Å². The van der Waals surface area contributed by atoms with Gasteiger partial charge >= 0.3 is 5.97 Å².